The van der Waals surface area contributed by atoms with Gasteiger partial charge in [0.15, 0.2) is 0 Å². The molecule has 24 heavy (non-hydrogen) atoms. The van der Waals surface area contributed by atoms with Gasteiger partial charge in [-0.25, -0.2) is 0 Å². The molecule has 2 aromatic rings. The van der Waals surface area contributed by atoms with Crippen molar-refractivity contribution in [1.29, 1.82) is 0 Å². The summed E-state index contributed by atoms with van der Waals surface area (Å²) in [5.74, 6) is 0.713. The van der Waals surface area contributed by atoms with Gasteiger partial charge < -0.3 is 14.6 Å². The second-order valence-electron chi connectivity index (χ2n) is 6.41. The molecule has 1 fully saturated rings. The number of furan rings is 1. The molecule has 0 spiro atoms. The molecule has 0 aliphatic carbocycles. The van der Waals surface area contributed by atoms with Crippen molar-refractivity contribution < 1.29 is 14.0 Å². The quantitative estimate of drug-likeness (QED) is 0.915. The number of likely N-dealkylation sites (tertiary alicyclic amines) is 1. The number of hydrogen-bond acceptors (Lipinski definition) is 3. The third-order valence-electron chi connectivity index (χ3n) is 4.57. The molecule has 1 aromatic carbocycles. The van der Waals surface area contributed by atoms with Gasteiger partial charge >= 0.3 is 0 Å². The summed E-state index contributed by atoms with van der Waals surface area (Å²) in [6, 6.07) is 9.16. The van der Waals surface area contributed by atoms with E-state index in [1.807, 2.05) is 44.2 Å². The molecule has 1 N–H and O–H groups in total. The molecule has 1 saturated heterocycles. The van der Waals surface area contributed by atoms with Gasteiger partial charge in [-0.2, -0.15) is 0 Å². The summed E-state index contributed by atoms with van der Waals surface area (Å²) in [4.78, 5) is 26.5. The Morgan fingerprint density at radius 1 is 1.38 bits per heavy atom. The van der Waals surface area contributed by atoms with E-state index in [4.69, 9.17) is 4.42 Å². The predicted octanol–water partition coefficient (Wildman–Crippen LogP) is 3.40. The second kappa shape index (κ2) is 7.07. The van der Waals surface area contributed by atoms with Crippen LogP contribution in [0.25, 0.3) is 11.0 Å². The zero-order valence-corrected chi connectivity index (χ0v) is 14.2. The number of benzene rings is 1. The van der Waals surface area contributed by atoms with Crippen molar-refractivity contribution in [2.45, 2.75) is 51.6 Å². The lowest BCUT2D eigenvalue weighted by molar-refractivity contribution is -0.138. The third kappa shape index (κ3) is 3.30. The summed E-state index contributed by atoms with van der Waals surface area (Å²) < 4.78 is 5.81. The Balaban J connectivity index is 1.68. The molecule has 1 aliphatic heterocycles. The fourth-order valence-electron chi connectivity index (χ4n) is 3.29. The van der Waals surface area contributed by atoms with E-state index in [2.05, 4.69) is 5.32 Å². The first-order valence-corrected chi connectivity index (χ1v) is 8.68. The topological polar surface area (TPSA) is 62.6 Å². The number of amides is 2. The summed E-state index contributed by atoms with van der Waals surface area (Å²) in [5, 5.41) is 4.02. The van der Waals surface area contributed by atoms with E-state index in [0.29, 0.717) is 13.0 Å². The average Bonchev–Trinajstić information content (AvgIpc) is 3.21. The Morgan fingerprint density at radius 3 is 2.92 bits per heavy atom. The first-order chi connectivity index (χ1) is 11.6. The van der Waals surface area contributed by atoms with Gasteiger partial charge in [-0.1, -0.05) is 25.1 Å². The van der Waals surface area contributed by atoms with E-state index < -0.39 is 0 Å². The normalized spacial score (nSPS) is 18.8. The van der Waals surface area contributed by atoms with Crippen LogP contribution in [0.2, 0.25) is 0 Å². The van der Waals surface area contributed by atoms with Crippen molar-refractivity contribution in [2.24, 2.45) is 0 Å². The lowest BCUT2D eigenvalue weighted by Crippen LogP contribution is -2.46. The van der Waals surface area contributed by atoms with Gasteiger partial charge in [0.2, 0.25) is 11.8 Å². The Bertz CT molecular complexity index is 704. The van der Waals surface area contributed by atoms with Crippen LogP contribution in [0.15, 0.2) is 34.7 Å². The van der Waals surface area contributed by atoms with E-state index >= 15 is 0 Å². The van der Waals surface area contributed by atoms with Crippen LogP contribution in [0.1, 0.15) is 51.3 Å². The van der Waals surface area contributed by atoms with Crippen LogP contribution >= 0.6 is 0 Å². The van der Waals surface area contributed by atoms with Crippen molar-refractivity contribution in [3.05, 3.63) is 36.1 Å². The van der Waals surface area contributed by atoms with Gasteiger partial charge in [-0.05, 0) is 38.3 Å². The number of carbonyl (C=O) groups is 2. The second-order valence-corrected chi connectivity index (χ2v) is 6.41. The molecular weight excluding hydrogens is 304 g/mol. The minimum Gasteiger partial charge on any atom is -0.459 e. The highest BCUT2D eigenvalue weighted by molar-refractivity contribution is 5.88. The highest BCUT2D eigenvalue weighted by Gasteiger charge is 2.34. The standard InChI is InChI=1S/C19H24N2O3/c1-3-7-18(22)21-11-6-9-15(21)19(23)20-13(2)17-12-14-8-4-5-10-16(14)24-17/h4-5,8,10,12-13,15H,3,6-7,9,11H2,1-2H3,(H,20,23)/t13-,15+/m1/s1. The molecule has 1 aliphatic rings. The molecule has 0 radical (unpaired) electrons. The van der Waals surface area contributed by atoms with Crippen molar-refractivity contribution in [3.63, 3.8) is 0 Å². The van der Waals surface area contributed by atoms with Crippen molar-refractivity contribution in [2.75, 3.05) is 6.54 Å². The molecule has 3 rings (SSSR count). The van der Waals surface area contributed by atoms with Crippen molar-refractivity contribution >= 4 is 22.8 Å². The van der Waals surface area contributed by atoms with E-state index in [-0.39, 0.29) is 23.9 Å². The Labute approximate surface area is 142 Å². The van der Waals surface area contributed by atoms with Gasteiger partial charge in [0, 0.05) is 18.4 Å². The molecule has 0 saturated carbocycles. The molecule has 2 amide bonds. The maximum Gasteiger partial charge on any atom is 0.243 e. The molecule has 128 valence electrons. The minimum absolute atomic E-state index is 0.0755. The van der Waals surface area contributed by atoms with Crippen LogP contribution in [-0.4, -0.2) is 29.3 Å². The van der Waals surface area contributed by atoms with Gasteiger partial charge in [0.05, 0.1) is 6.04 Å². The van der Waals surface area contributed by atoms with Gasteiger partial charge in [0.25, 0.3) is 0 Å². The van der Waals surface area contributed by atoms with Crippen LogP contribution in [0.5, 0.6) is 0 Å². The van der Waals surface area contributed by atoms with Crippen LogP contribution in [0, 0.1) is 0 Å². The first-order valence-electron chi connectivity index (χ1n) is 8.68. The highest BCUT2D eigenvalue weighted by Crippen LogP contribution is 2.25. The van der Waals surface area contributed by atoms with Crippen LogP contribution in [0.4, 0.5) is 0 Å². The number of fused-ring (bicyclic) bond motifs is 1. The van der Waals surface area contributed by atoms with Crippen LogP contribution in [0.3, 0.4) is 0 Å². The lowest BCUT2D eigenvalue weighted by atomic mass is 10.1. The molecule has 0 bridgehead atoms. The van der Waals surface area contributed by atoms with Gasteiger partial charge in [0.1, 0.15) is 17.4 Å². The van der Waals surface area contributed by atoms with Gasteiger partial charge in [-0.15, -0.1) is 0 Å². The Hall–Kier alpha value is -2.30. The maximum atomic E-state index is 12.6. The lowest BCUT2D eigenvalue weighted by Gasteiger charge is -2.25. The van der Waals surface area contributed by atoms with Gasteiger partial charge in [-0.3, -0.25) is 9.59 Å². The molecule has 5 nitrogen and oxygen atoms in total. The zero-order valence-electron chi connectivity index (χ0n) is 14.2. The number of rotatable bonds is 5. The van der Waals surface area contributed by atoms with E-state index in [0.717, 1.165) is 36.0 Å². The summed E-state index contributed by atoms with van der Waals surface area (Å²) >= 11 is 0. The Morgan fingerprint density at radius 2 is 2.17 bits per heavy atom. The first kappa shape index (κ1) is 16.6. The molecule has 2 heterocycles. The Kier molecular flexibility index (Phi) is 4.88. The van der Waals surface area contributed by atoms with Crippen molar-refractivity contribution in [1.82, 2.24) is 10.2 Å². The van der Waals surface area contributed by atoms with E-state index in [1.165, 1.54) is 0 Å². The zero-order chi connectivity index (χ0) is 17.1. The van der Waals surface area contributed by atoms with Crippen LogP contribution in [-0.2, 0) is 9.59 Å². The fourth-order valence-corrected chi connectivity index (χ4v) is 3.29. The monoisotopic (exact) mass is 328 g/mol. The summed E-state index contributed by atoms with van der Waals surface area (Å²) in [7, 11) is 0. The van der Waals surface area contributed by atoms with Crippen molar-refractivity contribution in [3.8, 4) is 0 Å². The number of nitrogens with one attached hydrogen (secondary N) is 1. The minimum atomic E-state index is -0.351. The number of hydrogen-bond donors (Lipinski definition) is 1. The van der Waals surface area contributed by atoms with E-state index in [9.17, 15) is 9.59 Å². The molecule has 0 unspecified atom stereocenters. The van der Waals surface area contributed by atoms with E-state index in [1.54, 1.807) is 4.90 Å². The highest BCUT2D eigenvalue weighted by atomic mass is 16.3. The SMILES string of the molecule is CCCC(=O)N1CCC[C@H]1C(=O)N[C@H](C)c1cc2ccccc2o1. The number of nitrogens with zero attached hydrogens (tertiary/aromatic N) is 1. The summed E-state index contributed by atoms with van der Waals surface area (Å²) in [6.45, 7) is 4.56. The smallest absolute Gasteiger partial charge is 0.243 e. The summed E-state index contributed by atoms with van der Waals surface area (Å²) in [6.07, 6.45) is 2.92. The van der Waals surface area contributed by atoms with Crippen LogP contribution < -0.4 is 5.32 Å². The fraction of sp³-hybridized carbons (Fsp3) is 0.474. The largest absolute Gasteiger partial charge is 0.459 e. The molecular formula is C19H24N2O3. The number of para-hydroxylation sites is 1. The molecule has 5 heteroatoms. The molecule has 2 atom stereocenters. The summed E-state index contributed by atoms with van der Waals surface area (Å²) in [5.41, 5.74) is 0.814. The predicted molar refractivity (Wildman–Crippen MR) is 92.4 cm³/mol. The maximum absolute atomic E-state index is 12.6. The average molecular weight is 328 g/mol. The molecule has 1 aromatic heterocycles. The third-order valence-corrected chi connectivity index (χ3v) is 4.57. The number of carbonyl (C=O) groups excluding carboxylic acids is 2.